The molecule has 116 valence electrons. The first-order valence-corrected chi connectivity index (χ1v) is 8.27. The summed E-state index contributed by atoms with van der Waals surface area (Å²) in [6.07, 6.45) is 1.57. The molecule has 1 unspecified atom stereocenters. The Morgan fingerprint density at radius 1 is 1.48 bits per heavy atom. The first-order chi connectivity index (χ1) is 9.90. The fourth-order valence-corrected chi connectivity index (χ4v) is 3.66. The summed E-state index contributed by atoms with van der Waals surface area (Å²) < 4.78 is 31.9. The molecule has 7 nitrogen and oxygen atoms in total. The zero-order chi connectivity index (χ0) is 15.5. The van der Waals surface area contributed by atoms with E-state index in [0.29, 0.717) is 25.6 Å². The third-order valence-electron chi connectivity index (χ3n) is 3.28. The number of hydrogen-bond acceptors (Lipinski definition) is 5. The van der Waals surface area contributed by atoms with Crippen LogP contribution in [0.2, 0.25) is 5.02 Å². The maximum Gasteiger partial charge on any atom is 0.270 e. The Balaban J connectivity index is 2.07. The Labute approximate surface area is 127 Å². The summed E-state index contributed by atoms with van der Waals surface area (Å²) in [5.41, 5.74) is -0.316. The Bertz CT molecular complexity index is 629. The third kappa shape index (κ3) is 4.13. The molecular formula is C12H15ClN2O5S. The van der Waals surface area contributed by atoms with Crippen molar-refractivity contribution >= 4 is 27.3 Å². The highest BCUT2D eigenvalue weighted by Crippen LogP contribution is 2.26. The van der Waals surface area contributed by atoms with Gasteiger partial charge in [0.2, 0.25) is 10.0 Å². The van der Waals surface area contributed by atoms with E-state index >= 15 is 0 Å². The second-order valence-corrected chi connectivity index (χ2v) is 6.93. The van der Waals surface area contributed by atoms with E-state index in [1.807, 2.05) is 0 Å². The van der Waals surface area contributed by atoms with Crippen LogP contribution in [0, 0.1) is 16.0 Å². The molecular weight excluding hydrogens is 320 g/mol. The van der Waals surface area contributed by atoms with Crippen molar-refractivity contribution in [3.05, 3.63) is 33.3 Å². The van der Waals surface area contributed by atoms with Gasteiger partial charge in [-0.2, -0.15) is 0 Å². The minimum absolute atomic E-state index is 0.0442. The first kappa shape index (κ1) is 16.2. The van der Waals surface area contributed by atoms with Gasteiger partial charge in [0.25, 0.3) is 5.69 Å². The molecule has 1 saturated heterocycles. The number of nitro groups is 1. The summed E-state index contributed by atoms with van der Waals surface area (Å²) in [6.45, 7) is 1.59. The molecule has 0 bridgehead atoms. The molecule has 1 N–H and O–H groups in total. The highest BCUT2D eigenvalue weighted by atomic mass is 35.5. The lowest BCUT2D eigenvalue weighted by Crippen LogP contribution is -2.26. The number of non-ortho nitro benzene ring substituents is 1. The molecule has 0 aromatic heterocycles. The minimum Gasteiger partial charge on any atom is -0.381 e. The zero-order valence-corrected chi connectivity index (χ0v) is 12.7. The molecule has 1 aromatic rings. The average Bonchev–Trinajstić information content (AvgIpc) is 2.91. The number of nitro benzene ring substituents is 1. The van der Waals surface area contributed by atoms with E-state index in [1.165, 1.54) is 6.07 Å². The largest absolute Gasteiger partial charge is 0.381 e. The van der Waals surface area contributed by atoms with Gasteiger partial charge >= 0.3 is 0 Å². The lowest BCUT2D eigenvalue weighted by molar-refractivity contribution is -0.385. The second kappa shape index (κ2) is 6.69. The van der Waals surface area contributed by atoms with Crippen LogP contribution in [0.25, 0.3) is 0 Å². The molecule has 2 rings (SSSR count). The zero-order valence-electron chi connectivity index (χ0n) is 11.1. The summed E-state index contributed by atoms with van der Waals surface area (Å²) in [5.74, 6) is 0.341. The van der Waals surface area contributed by atoms with E-state index < -0.39 is 14.9 Å². The Hall–Kier alpha value is -1.22. The summed E-state index contributed by atoms with van der Waals surface area (Å²) in [4.78, 5) is 9.77. The van der Waals surface area contributed by atoms with Gasteiger partial charge in [-0.05, 0) is 24.8 Å². The van der Waals surface area contributed by atoms with Crippen LogP contribution < -0.4 is 4.72 Å². The minimum atomic E-state index is -3.87. The average molecular weight is 335 g/mol. The van der Waals surface area contributed by atoms with Gasteiger partial charge in [-0.3, -0.25) is 10.1 Å². The van der Waals surface area contributed by atoms with E-state index in [9.17, 15) is 18.5 Å². The predicted molar refractivity (Wildman–Crippen MR) is 76.8 cm³/mol. The number of hydrogen-bond donors (Lipinski definition) is 1. The smallest absolute Gasteiger partial charge is 0.270 e. The molecule has 0 spiro atoms. The standard InChI is InChI=1S/C12H15ClN2O5S/c13-11-2-1-10(15(16)17)7-12(11)21(18,19)14-5-3-9-4-6-20-8-9/h1-2,7,9,14H,3-6,8H2. The molecule has 0 radical (unpaired) electrons. The third-order valence-corrected chi connectivity index (χ3v) is 5.23. The van der Waals surface area contributed by atoms with Gasteiger partial charge in [0.15, 0.2) is 0 Å². The molecule has 1 aliphatic rings. The summed E-state index contributed by atoms with van der Waals surface area (Å²) >= 11 is 5.83. The van der Waals surface area contributed by atoms with Gasteiger partial charge in [0, 0.05) is 31.9 Å². The fourth-order valence-electron chi connectivity index (χ4n) is 2.10. The molecule has 0 saturated carbocycles. The normalized spacial score (nSPS) is 18.8. The van der Waals surface area contributed by atoms with E-state index in [4.69, 9.17) is 16.3 Å². The molecule has 0 amide bonds. The van der Waals surface area contributed by atoms with E-state index in [2.05, 4.69) is 4.72 Å². The topological polar surface area (TPSA) is 98.5 Å². The van der Waals surface area contributed by atoms with Gasteiger partial charge in [0.05, 0.1) is 9.95 Å². The van der Waals surface area contributed by atoms with Crippen molar-refractivity contribution in [2.24, 2.45) is 5.92 Å². The first-order valence-electron chi connectivity index (χ1n) is 6.41. The van der Waals surface area contributed by atoms with Crippen molar-refractivity contribution in [2.45, 2.75) is 17.7 Å². The summed E-state index contributed by atoms with van der Waals surface area (Å²) in [6, 6.07) is 3.33. The van der Waals surface area contributed by atoms with Crippen LogP contribution in [0.5, 0.6) is 0 Å². The van der Waals surface area contributed by atoms with Gasteiger partial charge < -0.3 is 4.74 Å². The van der Waals surface area contributed by atoms with Crippen LogP contribution >= 0.6 is 11.6 Å². The van der Waals surface area contributed by atoms with Crippen molar-refractivity contribution in [3.63, 3.8) is 0 Å². The highest BCUT2D eigenvalue weighted by Gasteiger charge is 2.22. The maximum absolute atomic E-state index is 12.2. The van der Waals surface area contributed by atoms with Crippen LogP contribution in [0.3, 0.4) is 0 Å². The lowest BCUT2D eigenvalue weighted by atomic mass is 10.1. The molecule has 1 aliphatic heterocycles. The van der Waals surface area contributed by atoms with Crippen LogP contribution in [0.4, 0.5) is 5.69 Å². The van der Waals surface area contributed by atoms with Crippen molar-refractivity contribution in [2.75, 3.05) is 19.8 Å². The van der Waals surface area contributed by atoms with Gasteiger partial charge in [0.1, 0.15) is 4.90 Å². The molecule has 1 atom stereocenters. The molecule has 1 aromatic carbocycles. The Kier molecular flexibility index (Phi) is 5.15. The summed E-state index contributed by atoms with van der Waals surface area (Å²) in [5, 5.41) is 10.7. The second-order valence-electron chi connectivity index (χ2n) is 4.79. The number of halogens is 1. The van der Waals surface area contributed by atoms with Crippen LogP contribution in [-0.2, 0) is 14.8 Å². The number of rotatable bonds is 6. The number of benzene rings is 1. The van der Waals surface area contributed by atoms with Crippen molar-refractivity contribution in [1.29, 1.82) is 0 Å². The number of nitrogens with zero attached hydrogens (tertiary/aromatic N) is 1. The molecule has 1 heterocycles. The quantitative estimate of drug-likeness (QED) is 0.633. The van der Waals surface area contributed by atoms with Crippen LogP contribution in [0.15, 0.2) is 23.1 Å². The molecule has 9 heteroatoms. The van der Waals surface area contributed by atoms with Crippen molar-refractivity contribution < 1.29 is 18.1 Å². The SMILES string of the molecule is O=[N+]([O-])c1ccc(Cl)c(S(=O)(=O)NCCC2CCOC2)c1. The molecule has 0 aliphatic carbocycles. The van der Waals surface area contributed by atoms with E-state index in [-0.39, 0.29) is 22.2 Å². The van der Waals surface area contributed by atoms with Crippen LogP contribution in [-0.4, -0.2) is 33.1 Å². The van der Waals surface area contributed by atoms with Gasteiger partial charge in [-0.15, -0.1) is 0 Å². The lowest BCUT2D eigenvalue weighted by Gasteiger charge is -2.10. The Morgan fingerprint density at radius 3 is 2.86 bits per heavy atom. The number of sulfonamides is 1. The Morgan fingerprint density at radius 2 is 2.24 bits per heavy atom. The highest BCUT2D eigenvalue weighted by molar-refractivity contribution is 7.89. The van der Waals surface area contributed by atoms with E-state index in [0.717, 1.165) is 18.6 Å². The predicted octanol–water partition coefficient (Wildman–Crippen LogP) is 1.95. The molecule has 1 fully saturated rings. The number of nitrogens with one attached hydrogen (secondary N) is 1. The molecule has 21 heavy (non-hydrogen) atoms. The van der Waals surface area contributed by atoms with Gasteiger partial charge in [-0.1, -0.05) is 11.6 Å². The van der Waals surface area contributed by atoms with Crippen molar-refractivity contribution in [1.82, 2.24) is 4.72 Å². The van der Waals surface area contributed by atoms with Crippen LogP contribution in [0.1, 0.15) is 12.8 Å². The number of ether oxygens (including phenoxy) is 1. The fraction of sp³-hybridized carbons (Fsp3) is 0.500. The maximum atomic E-state index is 12.2. The van der Waals surface area contributed by atoms with Gasteiger partial charge in [-0.25, -0.2) is 13.1 Å². The summed E-state index contributed by atoms with van der Waals surface area (Å²) in [7, 11) is -3.87. The monoisotopic (exact) mass is 334 g/mol. The van der Waals surface area contributed by atoms with Crippen molar-refractivity contribution in [3.8, 4) is 0 Å². The van der Waals surface area contributed by atoms with E-state index in [1.54, 1.807) is 0 Å².